The molecule has 0 N–H and O–H groups in total. The lowest BCUT2D eigenvalue weighted by atomic mass is 9.88. The lowest BCUT2D eigenvalue weighted by Crippen LogP contribution is -2.43. The molecule has 0 spiro atoms. The van der Waals surface area contributed by atoms with Crippen LogP contribution in [-0.4, -0.2) is 68.5 Å². The van der Waals surface area contributed by atoms with Crippen LogP contribution in [0, 0.1) is 5.92 Å². The molecule has 2 heterocycles. The summed E-state index contributed by atoms with van der Waals surface area (Å²) in [6.07, 6.45) is 3.38. The Morgan fingerprint density at radius 1 is 1.18 bits per heavy atom. The van der Waals surface area contributed by atoms with Crippen LogP contribution in [0.25, 0.3) is 0 Å². The molecule has 22 heavy (non-hydrogen) atoms. The normalized spacial score (nSPS) is 24.4. The fourth-order valence-corrected chi connectivity index (χ4v) is 3.16. The summed E-state index contributed by atoms with van der Waals surface area (Å²) in [5.41, 5.74) is 1.90. The quantitative estimate of drug-likeness (QED) is 0.702. The van der Waals surface area contributed by atoms with Gasteiger partial charge in [0, 0.05) is 26.2 Å². The Hall–Kier alpha value is -0.710. The Labute approximate surface area is 134 Å². The zero-order valence-electron chi connectivity index (χ0n) is 14.2. The van der Waals surface area contributed by atoms with E-state index in [4.69, 9.17) is 4.74 Å². The minimum atomic E-state index is -0.870. The van der Waals surface area contributed by atoms with Gasteiger partial charge in [0.2, 0.25) is 0 Å². The van der Waals surface area contributed by atoms with E-state index < -0.39 is 6.17 Å². The fraction of sp³-hybridized carbons (Fsp3) is 0.778. The van der Waals surface area contributed by atoms with Crippen LogP contribution < -0.4 is 0 Å². The maximum absolute atomic E-state index is 13.2. The van der Waals surface area contributed by atoms with Gasteiger partial charge in [0.05, 0.1) is 13.2 Å². The maximum Gasteiger partial charge on any atom is 0.118 e. The Balaban J connectivity index is 1.69. The molecule has 0 radical (unpaired) electrons. The second-order valence-corrected chi connectivity index (χ2v) is 6.65. The lowest BCUT2D eigenvalue weighted by molar-refractivity contribution is 0.0318. The van der Waals surface area contributed by atoms with Crippen molar-refractivity contribution in [3.05, 3.63) is 23.8 Å². The van der Waals surface area contributed by atoms with Crippen LogP contribution in [0.15, 0.2) is 23.8 Å². The summed E-state index contributed by atoms with van der Waals surface area (Å²) in [7, 11) is 0. The minimum Gasteiger partial charge on any atom is -0.379 e. The van der Waals surface area contributed by atoms with Gasteiger partial charge in [-0.05, 0) is 51.3 Å². The molecule has 2 aliphatic heterocycles. The van der Waals surface area contributed by atoms with Crippen LogP contribution in [-0.2, 0) is 4.74 Å². The number of allylic oxidation sites excluding steroid dienone is 3. The molecule has 2 rings (SSSR count). The topological polar surface area (TPSA) is 15.7 Å². The van der Waals surface area contributed by atoms with E-state index in [9.17, 15) is 4.39 Å². The van der Waals surface area contributed by atoms with Crippen molar-refractivity contribution in [2.45, 2.75) is 32.9 Å². The summed E-state index contributed by atoms with van der Waals surface area (Å²) < 4.78 is 18.6. The van der Waals surface area contributed by atoms with Gasteiger partial charge in [0.1, 0.15) is 6.17 Å². The zero-order valence-corrected chi connectivity index (χ0v) is 14.2. The van der Waals surface area contributed by atoms with Crippen molar-refractivity contribution < 1.29 is 9.13 Å². The van der Waals surface area contributed by atoms with Gasteiger partial charge in [0.15, 0.2) is 0 Å². The van der Waals surface area contributed by atoms with Crippen molar-refractivity contribution in [3.63, 3.8) is 0 Å². The molecular formula is C18H31FN2O. The highest BCUT2D eigenvalue weighted by molar-refractivity contribution is 5.24. The van der Waals surface area contributed by atoms with E-state index in [0.29, 0.717) is 5.92 Å². The molecule has 1 unspecified atom stereocenters. The third-order valence-electron chi connectivity index (χ3n) is 4.99. The molecule has 2 aliphatic rings. The zero-order chi connectivity index (χ0) is 15.9. The Kier molecular flexibility index (Phi) is 7.06. The SMILES string of the molecule is C=C(/C=C(\C)C(C)F)C1CCN(CCN2CCOCC2)CC1. The van der Waals surface area contributed by atoms with Crippen LogP contribution in [0.4, 0.5) is 4.39 Å². The molecule has 0 aromatic rings. The first-order chi connectivity index (χ1) is 10.6. The highest BCUT2D eigenvalue weighted by Gasteiger charge is 2.21. The molecule has 4 heteroatoms. The van der Waals surface area contributed by atoms with Crippen LogP contribution in [0.5, 0.6) is 0 Å². The molecule has 2 fully saturated rings. The summed E-state index contributed by atoms with van der Waals surface area (Å²) in [4.78, 5) is 5.04. The fourth-order valence-electron chi connectivity index (χ4n) is 3.16. The number of hydrogen-bond acceptors (Lipinski definition) is 3. The molecule has 0 saturated carbocycles. The van der Waals surface area contributed by atoms with E-state index in [-0.39, 0.29) is 0 Å². The number of likely N-dealkylation sites (tertiary alicyclic amines) is 1. The standard InChI is InChI=1S/C18H31FN2O/c1-15(17(3)19)14-16(2)18-4-6-20(7-5-18)8-9-21-10-12-22-13-11-21/h14,17-18H,2,4-13H2,1,3H3/b15-14+. The number of nitrogens with zero attached hydrogens (tertiary/aromatic N) is 2. The number of hydrogen-bond donors (Lipinski definition) is 0. The van der Waals surface area contributed by atoms with E-state index in [1.54, 1.807) is 6.92 Å². The summed E-state index contributed by atoms with van der Waals surface area (Å²) >= 11 is 0. The third-order valence-corrected chi connectivity index (χ3v) is 4.99. The molecule has 1 atom stereocenters. The number of halogens is 1. The van der Waals surface area contributed by atoms with E-state index in [1.165, 1.54) is 0 Å². The van der Waals surface area contributed by atoms with Crippen molar-refractivity contribution >= 4 is 0 Å². The van der Waals surface area contributed by atoms with Crippen LogP contribution in [0.3, 0.4) is 0 Å². The molecule has 0 aromatic carbocycles. The number of ether oxygens (including phenoxy) is 1. The van der Waals surface area contributed by atoms with E-state index in [1.807, 2.05) is 13.0 Å². The Morgan fingerprint density at radius 2 is 1.73 bits per heavy atom. The van der Waals surface area contributed by atoms with Gasteiger partial charge in [-0.3, -0.25) is 4.90 Å². The first-order valence-electron chi connectivity index (χ1n) is 8.60. The first kappa shape index (κ1) is 17.6. The molecule has 0 aromatic heterocycles. The molecule has 0 bridgehead atoms. The minimum absolute atomic E-state index is 0.522. The predicted octanol–water partition coefficient (Wildman–Crippen LogP) is 2.89. The van der Waals surface area contributed by atoms with Crippen molar-refractivity contribution in [2.75, 3.05) is 52.5 Å². The van der Waals surface area contributed by atoms with Gasteiger partial charge in [-0.25, -0.2) is 4.39 Å². The molecular weight excluding hydrogens is 279 g/mol. The van der Waals surface area contributed by atoms with Gasteiger partial charge in [0.25, 0.3) is 0 Å². The average molecular weight is 310 g/mol. The smallest absolute Gasteiger partial charge is 0.118 e. The Morgan fingerprint density at radius 3 is 2.27 bits per heavy atom. The number of rotatable bonds is 6. The number of piperidine rings is 1. The lowest BCUT2D eigenvalue weighted by Gasteiger charge is -2.34. The average Bonchev–Trinajstić information content (AvgIpc) is 2.54. The van der Waals surface area contributed by atoms with Crippen molar-refractivity contribution in [1.82, 2.24) is 9.80 Å². The van der Waals surface area contributed by atoms with E-state index >= 15 is 0 Å². The van der Waals surface area contributed by atoms with Gasteiger partial charge >= 0.3 is 0 Å². The number of alkyl halides is 1. The Bertz CT molecular complexity index is 381. The van der Waals surface area contributed by atoms with Crippen molar-refractivity contribution in [2.24, 2.45) is 5.92 Å². The molecule has 126 valence electrons. The summed E-state index contributed by atoms with van der Waals surface area (Å²) in [5.74, 6) is 0.522. The number of morpholine rings is 1. The van der Waals surface area contributed by atoms with Crippen LogP contribution in [0.2, 0.25) is 0 Å². The summed E-state index contributed by atoms with van der Waals surface area (Å²) in [5, 5.41) is 0. The van der Waals surface area contributed by atoms with Gasteiger partial charge in [-0.2, -0.15) is 0 Å². The van der Waals surface area contributed by atoms with Gasteiger partial charge < -0.3 is 9.64 Å². The maximum atomic E-state index is 13.2. The summed E-state index contributed by atoms with van der Waals surface area (Å²) in [6, 6.07) is 0. The molecule has 0 amide bonds. The van der Waals surface area contributed by atoms with E-state index in [0.717, 1.165) is 76.5 Å². The van der Waals surface area contributed by atoms with Crippen LogP contribution in [0.1, 0.15) is 26.7 Å². The van der Waals surface area contributed by atoms with E-state index in [2.05, 4.69) is 16.4 Å². The molecule has 3 nitrogen and oxygen atoms in total. The third kappa shape index (κ3) is 5.49. The second-order valence-electron chi connectivity index (χ2n) is 6.65. The highest BCUT2D eigenvalue weighted by atomic mass is 19.1. The van der Waals surface area contributed by atoms with Crippen molar-refractivity contribution in [1.29, 1.82) is 0 Å². The molecule has 2 saturated heterocycles. The molecule has 0 aliphatic carbocycles. The monoisotopic (exact) mass is 310 g/mol. The van der Waals surface area contributed by atoms with Gasteiger partial charge in [-0.1, -0.05) is 18.2 Å². The summed E-state index contributed by atoms with van der Waals surface area (Å²) in [6.45, 7) is 16.1. The van der Waals surface area contributed by atoms with Crippen LogP contribution >= 0.6 is 0 Å². The highest BCUT2D eigenvalue weighted by Crippen LogP contribution is 2.25. The van der Waals surface area contributed by atoms with Crippen molar-refractivity contribution in [3.8, 4) is 0 Å². The van der Waals surface area contributed by atoms with Gasteiger partial charge in [-0.15, -0.1) is 0 Å². The largest absolute Gasteiger partial charge is 0.379 e. The predicted molar refractivity (Wildman–Crippen MR) is 89.9 cm³/mol. The second kappa shape index (κ2) is 8.80. The first-order valence-corrected chi connectivity index (χ1v) is 8.60.